The van der Waals surface area contributed by atoms with Crippen LogP contribution in [-0.2, 0) is 9.59 Å². The third-order valence-corrected chi connectivity index (χ3v) is 2.30. The maximum absolute atomic E-state index is 12.3. The van der Waals surface area contributed by atoms with Crippen LogP contribution in [0.4, 0.5) is 8.78 Å². The van der Waals surface area contributed by atoms with Crippen LogP contribution < -0.4 is 0 Å². The highest BCUT2D eigenvalue weighted by Gasteiger charge is 2.29. The number of alkyl halides is 2. The molecule has 0 heterocycles. The van der Waals surface area contributed by atoms with Gasteiger partial charge in [0.2, 0.25) is 11.4 Å². The zero-order valence-corrected chi connectivity index (χ0v) is 13.9. The van der Waals surface area contributed by atoms with E-state index in [4.69, 9.17) is 22.1 Å². The molecule has 7 heteroatoms. The smallest absolute Gasteiger partial charge is 0.244 e. The normalized spacial score (nSPS) is 11.4. The average Bonchev–Trinajstić information content (AvgIpc) is 2.35. The number of ketones is 1. The second kappa shape index (κ2) is 11.2. The van der Waals surface area contributed by atoms with E-state index in [0.717, 1.165) is 0 Å². The first-order chi connectivity index (χ1) is 9.25. The first-order valence-electron chi connectivity index (χ1n) is 5.96. The van der Waals surface area contributed by atoms with Gasteiger partial charge in [0.15, 0.2) is 12.5 Å². The van der Waals surface area contributed by atoms with Crippen LogP contribution in [0, 0.1) is 33.5 Å². The van der Waals surface area contributed by atoms with Gasteiger partial charge in [-0.3, -0.25) is 9.59 Å². The van der Waals surface area contributed by atoms with Gasteiger partial charge in [0, 0.05) is 10.8 Å². The molecule has 1 unspecified atom stereocenters. The van der Waals surface area contributed by atoms with Crippen LogP contribution in [0.2, 0.25) is 0 Å². The number of nitrogens with zero attached hydrogens (tertiary/aromatic N) is 2. The summed E-state index contributed by atoms with van der Waals surface area (Å²) >= 11 is 5.11. The zero-order chi connectivity index (χ0) is 17.9. The molecule has 1 atom stereocenters. The second-order valence-electron chi connectivity index (χ2n) is 5.92. The summed E-state index contributed by atoms with van der Waals surface area (Å²) in [5, 5.41) is 15.0. The molecule has 0 amide bonds. The van der Waals surface area contributed by atoms with E-state index in [0.29, 0.717) is 0 Å². The Morgan fingerprint density at radius 2 is 1.38 bits per heavy atom. The maximum Gasteiger partial charge on any atom is 0.244 e. The van der Waals surface area contributed by atoms with Crippen LogP contribution in [0.5, 0.6) is 0 Å². The summed E-state index contributed by atoms with van der Waals surface area (Å²) in [4.78, 5) is 21.0. The van der Waals surface area contributed by atoms with Crippen molar-refractivity contribution in [1.82, 2.24) is 0 Å². The van der Waals surface area contributed by atoms with E-state index >= 15 is 0 Å². The average molecular weight is 323 g/mol. The summed E-state index contributed by atoms with van der Waals surface area (Å²) in [6.45, 7) is 9.21. The van der Waals surface area contributed by atoms with Crippen LogP contribution in [0.3, 0.4) is 0 Å². The number of Topliss-reactive ketones (excluding diaryl/α,β-unsaturated/α-hetero) is 1. The van der Waals surface area contributed by atoms with Crippen molar-refractivity contribution in [2.75, 3.05) is 6.67 Å². The lowest BCUT2D eigenvalue weighted by molar-refractivity contribution is -0.129. The molecule has 0 saturated carbocycles. The van der Waals surface area contributed by atoms with Crippen LogP contribution in [0.25, 0.3) is 0 Å². The number of hydrogen-bond acceptors (Lipinski definition) is 4. The molecular weight excluding hydrogens is 302 g/mol. The quantitative estimate of drug-likeness (QED) is 0.688. The Hall–Kier alpha value is -1.53. The highest BCUT2D eigenvalue weighted by Crippen LogP contribution is 2.17. The molecule has 0 saturated heterocycles. The van der Waals surface area contributed by atoms with Gasteiger partial charge < -0.3 is 0 Å². The molecule has 0 rings (SSSR count). The summed E-state index contributed by atoms with van der Waals surface area (Å²) in [6.07, 6.45) is -1.97. The largest absolute Gasteiger partial charge is 0.295 e. The lowest BCUT2D eigenvalue weighted by Crippen LogP contribution is -2.28. The summed E-state index contributed by atoms with van der Waals surface area (Å²) in [5.41, 5.74) is -1.13. The maximum atomic E-state index is 12.3. The fourth-order valence-corrected chi connectivity index (χ4v) is 0.439. The number of carbonyl (C=O) groups is 2. The van der Waals surface area contributed by atoms with Crippen molar-refractivity contribution in [3.8, 4) is 12.1 Å². The van der Waals surface area contributed by atoms with Crippen molar-refractivity contribution in [3.05, 3.63) is 0 Å². The molecule has 0 aromatic rings. The fraction of sp³-hybridized carbons (Fsp3) is 0.714. The molecule has 0 aliphatic rings. The van der Waals surface area contributed by atoms with Crippen LogP contribution in [0.15, 0.2) is 0 Å². The van der Waals surface area contributed by atoms with Crippen molar-refractivity contribution in [1.29, 1.82) is 10.5 Å². The number of halogens is 3. The number of rotatable bonds is 1. The molecule has 0 spiro atoms. The standard InChI is InChI=1S/C7H10FNO.C5H9ClO.C2H2FN/c1-7(2,3)6(10)5(8)4-9;1-5(2,3)4(6)7;3-1-2-4/h5H,1-3H3;1-3H3;1H2. The number of hydrogen-bond donors (Lipinski definition) is 0. The number of carbonyl (C=O) groups excluding carboxylic acids is 2. The second-order valence-corrected chi connectivity index (χ2v) is 6.26. The predicted octanol–water partition coefficient (Wildman–Crippen LogP) is 3.74. The third kappa shape index (κ3) is 16.4. The van der Waals surface area contributed by atoms with Crippen molar-refractivity contribution in [2.24, 2.45) is 10.8 Å². The zero-order valence-electron chi connectivity index (χ0n) is 13.1. The molecule has 0 aromatic heterocycles. The molecule has 120 valence electrons. The molecular formula is C14H21ClF2N2O2. The number of nitriles is 2. The van der Waals surface area contributed by atoms with E-state index in [1.807, 2.05) is 0 Å². The van der Waals surface area contributed by atoms with Gasteiger partial charge in [0.1, 0.15) is 6.07 Å². The monoisotopic (exact) mass is 322 g/mol. The Labute approximate surface area is 129 Å². The Balaban J connectivity index is -0.000000256. The van der Waals surface area contributed by atoms with Crippen LogP contribution in [0.1, 0.15) is 41.5 Å². The van der Waals surface area contributed by atoms with E-state index in [-0.39, 0.29) is 10.7 Å². The summed E-state index contributed by atoms with van der Waals surface area (Å²) in [6, 6.07) is 2.52. The van der Waals surface area contributed by atoms with Gasteiger partial charge in [-0.05, 0) is 11.6 Å². The van der Waals surface area contributed by atoms with Crippen molar-refractivity contribution in [3.63, 3.8) is 0 Å². The molecule has 4 nitrogen and oxygen atoms in total. The molecule has 0 aliphatic carbocycles. The van der Waals surface area contributed by atoms with Crippen molar-refractivity contribution in [2.45, 2.75) is 47.7 Å². The van der Waals surface area contributed by atoms with E-state index in [2.05, 4.69) is 0 Å². The molecule has 0 bridgehead atoms. The van der Waals surface area contributed by atoms with Crippen LogP contribution >= 0.6 is 11.6 Å². The Kier molecular flexibility index (Phi) is 13.0. The van der Waals surface area contributed by atoms with Crippen LogP contribution in [-0.4, -0.2) is 23.9 Å². The molecule has 0 N–H and O–H groups in total. The van der Waals surface area contributed by atoms with Gasteiger partial charge >= 0.3 is 0 Å². The molecule has 0 fully saturated rings. The van der Waals surface area contributed by atoms with Gasteiger partial charge in [-0.25, -0.2) is 8.78 Å². The minimum Gasteiger partial charge on any atom is -0.295 e. The molecule has 0 aliphatic heterocycles. The van der Waals surface area contributed by atoms with Gasteiger partial charge in [-0.15, -0.1) is 0 Å². The lowest BCUT2D eigenvalue weighted by atomic mass is 9.88. The van der Waals surface area contributed by atoms with Gasteiger partial charge in [0.25, 0.3) is 0 Å². The lowest BCUT2D eigenvalue weighted by Gasteiger charge is -2.15. The predicted molar refractivity (Wildman–Crippen MR) is 76.9 cm³/mol. The van der Waals surface area contributed by atoms with E-state index in [9.17, 15) is 18.4 Å². The topological polar surface area (TPSA) is 81.7 Å². The van der Waals surface area contributed by atoms with E-state index in [1.54, 1.807) is 41.5 Å². The first-order valence-corrected chi connectivity index (χ1v) is 6.34. The summed E-state index contributed by atoms with van der Waals surface area (Å²) in [5.74, 6) is -0.657. The minimum absolute atomic E-state index is 0.285. The molecule has 21 heavy (non-hydrogen) atoms. The highest BCUT2D eigenvalue weighted by molar-refractivity contribution is 6.64. The highest BCUT2D eigenvalue weighted by atomic mass is 35.5. The molecule has 0 radical (unpaired) electrons. The fourth-order valence-electron chi connectivity index (χ4n) is 0.439. The SMILES string of the molecule is CC(C)(C)C(=O)C(F)C#N.CC(C)(C)C(=O)Cl.N#CCF. The Morgan fingerprint density at radius 3 is 1.43 bits per heavy atom. The van der Waals surface area contributed by atoms with Gasteiger partial charge in [-0.1, -0.05) is 41.5 Å². The molecule has 0 aromatic carbocycles. The van der Waals surface area contributed by atoms with Gasteiger partial charge in [0.05, 0.1) is 6.07 Å². The summed E-state index contributed by atoms with van der Waals surface area (Å²) < 4.78 is 22.7. The minimum atomic E-state index is -1.97. The van der Waals surface area contributed by atoms with Crippen molar-refractivity contribution < 1.29 is 18.4 Å². The van der Waals surface area contributed by atoms with Crippen molar-refractivity contribution >= 4 is 22.6 Å². The first kappa shape index (κ1) is 24.5. The Bertz CT molecular complexity index is 413. The van der Waals surface area contributed by atoms with E-state index in [1.165, 1.54) is 12.1 Å². The summed E-state index contributed by atoms with van der Waals surface area (Å²) in [7, 11) is 0. The third-order valence-electron chi connectivity index (χ3n) is 1.73. The van der Waals surface area contributed by atoms with E-state index < -0.39 is 24.0 Å². The van der Waals surface area contributed by atoms with Gasteiger partial charge in [-0.2, -0.15) is 10.5 Å². The Morgan fingerprint density at radius 1 is 1.10 bits per heavy atom.